The molecule has 6 heterocycles. The maximum absolute atomic E-state index is 15.0. The summed E-state index contributed by atoms with van der Waals surface area (Å²) in [5.41, 5.74) is 4.61. The lowest BCUT2D eigenvalue weighted by molar-refractivity contribution is -0.152. The van der Waals surface area contributed by atoms with Gasteiger partial charge in [0.25, 0.3) is 0 Å². The second kappa shape index (κ2) is 20.0. The Kier molecular flexibility index (Phi) is 13.8. The van der Waals surface area contributed by atoms with Crippen molar-refractivity contribution >= 4 is 24.0 Å². The fourth-order valence-electron chi connectivity index (χ4n) is 13.8. The van der Waals surface area contributed by atoms with Crippen molar-refractivity contribution in [1.29, 1.82) is 0 Å². The van der Waals surface area contributed by atoms with E-state index in [-0.39, 0.29) is 84.1 Å². The van der Waals surface area contributed by atoms with Crippen molar-refractivity contribution in [2.75, 3.05) is 14.2 Å². The van der Waals surface area contributed by atoms with Gasteiger partial charge in [-0.3, -0.25) is 9.59 Å². The van der Waals surface area contributed by atoms with Crippen LogP contribution in [0.15, 0.2) is 60.9 Å². The lowest BCUT2D eigenvalue weighted by Gasteiger charge is -2.48. The highest BCUT2D eigenvalue weighted by Gasteiger charge is 2.56. The van der Waals surface area contributed by atoms with Gasteiger partial charge in [0.2, 0.25) is 11.8 Å². The molecule has 2 aliphatic carbocycles. The van der Waals surface area contributed by atoms with E-state index in [1.807, 2.05) is 29.1 Å². The molecule has 4 aromatic rings. The molecule has 4 saturated heterocycles. The van der Waals surface area contributed by atoms with Crippen LogP contribution >= 0.6 is 0 Å². The molecule has 2 aromatic carbocycles. The van der Waals surface area contributed by atoms with Crippen LogP contribution in [0.4, 0.5) is 9.59 Å². The average molecular weight is 973 g/mol. The van der Waals surface area contributed by atoms with E-state index < -0.39 is 23.8 Å². The normalized spacial score (nSPS) is 31.6. The molecule has 71 heavy (non-hydrogen) atoms. The molecular formula is C55H72N8O8. The number of carbonyl (C=O) groups is 4. The fraction of sp³-hybridized carbons (Fsp3) is 0.600. The van der Waals surface area contributed by atoms with Crippen LogP contribution in [0.2, 0.25) is 0 Å². The van der Waals surface area contributed by atoms with E-state index >= 15 is 4.79 Å². The lowest BCUT2D eigenvalue weighted by Crippen LogP contribution is -2.65. The van der Waals surface area contributed by atoms with Crippen molar-refractivity contribution in [2.24, 2.45) is 23.7 Å². The molecule has 4 amide bonds. The summed E-state index contributed by atoms with van der Waals surface area (Å²) < 4.78 is 22.8. The molecule has 6 fully saturated rings. The molecule has 2 saturated carbocycles. The van der Waals surface area contributed by atoms with Crippen molar-refractivity contribution in [2.45, 2.75) is 172 Å². The van der Waals surface area contributed by atoms with Gasteiger partial charge < -0.3 is 49.3 Å². The largest absolute Gasteiger partial charge is 0.453 e. The van der Waals surface area contributed by atoms with Crippen LogP contribution in [0.3, 0.4) is 0 Å². The van der Waals surface area contributed by atoms with E-state index in [1.54, 1.807) is 0 Å². The van der Waals surface area contributed by atoms with Gasteiger partial charge in [-0.25, -0.2) is 19.6 Å². The van der Waals surface area contributed by atoms with Crippen LogP contribution in [-0.4, -0.2) is 116 Å². The molecule has 0 radical (unpaired) electrons. The van der Waals surface area contributed by atoms with Crippen LogP contribution in [-0.2, 0) is 28.5 Å². The van der Waals surface area contributed by atoms with Gasteiger partial charge in [0, 0.05) is 12.1 Å². The number of imidazole rings is 2. The predicted molar refractivity (Wildman–Crippen MR) is 266 cm³/mol. The average Bonchev–Trinajstić information content (AvgIpc) is 4.25. The second-order valence-electron chi connectivity index (χ2n) is 21.7. The summed E-state index contributed by atoms with van der Waals surface area (Å²) in [5.74, 6) is 1.52. The molecule has 0 bridgehead atoms. The first-order valence-corrected chi connectivity index (χ1v) is 26.2. The number of nitrogens with zero attached hydrogens (tertiary/aromatic N) is 4. The summed E-state index contributed by atoms with van der Waals surface area (Å²) in [5, 5.41) is 6.02. The molecule has 0 spiro atoms. The van der Waals surface area contributed by atoms with Crippen molar-refractivity contribution in [3.63, 3.8) is 0 Å². The molecule has 16 nitrogen and oxygen atoms in total. The molecule has 2 aromatic heterocycles. The zero-order valence-electron chi connectivity index (χ0n) is 42.3. The Bertz CT molecular complexity index is 2560. The number of nitrogens with one attached hydrogen (secondary N) is 4. The van der Waals surface area contributed by atoms with E-state index in [2.05, 4.69) is 96.8 Å². The number of H-pyrrole nitrogens is 2. The monoisotopic (exact) mass is 973 g/mol. The number of aromatic amines is 2. The topological polar surface area (TPSA) is 193 Å². The highest BCUT2D eigenvalue weighted by Crippen LogP contribution is 2.49. The number of aromatic nitrogens is 4. The van der Waals surface area contributed by atoms with Gasteiger partial charge >= 0.3 is 12.2 Å². The Labute approximate surface area is 417 Å². The smallest absolute Gasteiger partial charge is 0.407 e. The molecule has 6 aliphatic rings. The number of alkyl carbamates (subject to hydrolysis) is 2. The number of methoxy groups -OCH3 is 2. The van der Waals surface area contributed by atoms with Crippen LogP contribution in [0, 0.1) is 23.7 Å². The Morgan fingerprint density at radius 2 is 1.14 bits per heavy atom. The minimum atomic E-state index is -1.18. The summed E-state index contributed by atoms with van der Waals surface area (Å²) in [4.78, 5) is 76.2. The molecule has 380 valence electrons. The van der Waals surface area contributed by atoms with Crippen molar-refractivity contribution in [3.05, 3.63) is 72.6 Å². The van der Waals surface area contributed by atoms with Crippen LogP contribution < -0.4 is 10.6 Å². The van der Waals surface area contributed by atoms with Crippen molar-refractivity contribution in [1.82, 2.24) is 40.4 Å². The Hall–Kier alpha value is -5.74. The first-order chi connectivity index (χ1) is 34.2. The zero-order valence-corrected chi connectivity index (χ0v) is 42.3. The minimum Gasteiger partial charge on any atom is -0.453 e. The van der Waals surface area contributed by atoms with E-state index in [4.69, 9.17) is 28.9 Å². The number of ether oxygens (including phenoxy) is 4. The highest BCUT2D eigenvalue weighted by atomic mass is 16.5. The van der Waals surface area contributed by atoms with Gasteiger partial charge in [0.05, 0.1) is 74.5 Å². The Morgan fingerprint density at radius 3 is 1.70 bits per heavy atom. The highest BCUT2D eigenvalue weighted by molar-refractivity contribution is 5.91. The molecule has 4 aliphatic heterocycles. The number of hydrogen-bond donors (Lipinski definition) is 4. The summed E-state index contributed by atoms with van der Waals surface area (Å²) in [6.45, 7) is 10.2. The molecular weight excluding hydrogens is 901 g/mol. The zero-order chi connectivity index (χ0) is 49.7. The van der Waals surface area contributed by atoms with Gasteiger partial charge in [-0.05, 0) is 145 Å². The summed E-state index contributed by atoms with van der Waals surface area (Å²) in [6, 6.07) is 15.4. The van der Waals surface area contributed by atoms with Gasteiger partial charge in [0.15, 0.2) is 0 Å². The second-order valence-corrected chi connectivity index (χ2v) is 21.7. The summed E-state index contributed by atoms with van der Waals surface area (Å²) in [7, 11) is 2.68. The number of amides is 4. The quantitative estimate of drug-likeness (QED) is 0.113. The van der Waals surface area contributed by atoms with E-state index in [1.165, 1.54) is 14.2 Å². The Morgan fingerprint density at radius 1 is 0.648 bits per heavy atom. The third kappa shape index (κ3) is 9.35. The van der Waals surface area contributed by atoms with Gasteiger partial charge in [-0.15, -0.1) is 0 Å². The van der Waals surface area contributed by atoms with Gasteiger partial charge in [-0.1, -0.05) is 61.4 Å². The number of fused-ring (bicyclic) bond motifs is 2. The van der Waals surface area contributed by atoms with Crippen LogP contribution in [0.5, 0.6) is 0 Å². The lowest BCUT2D eigenvalue weighted by atomic mass is 9.70. The van der Waals surface area contributed by atoms with Gasteiger partial charge in [-0.2, -0.15) is 0 Å². The minimum absolute atomic E-state index is 0.00372. The number of likely N-dealkylation sites (tertiary alicyclic amines) is 2. The molecule has 10 rings (SSSR count). The van der Waals surface area contributed by atoms with Crippen LogP contribution in [0.1, 0.15) is 135 Å². The van der Waals surface area contributed by atoms with E-state index in [0.717, 1.165) is 109 Å². The number of carbonyl (C=O) groups excluding carboxylic acids is 4. The van der Waals surface area contributed by atoms with Crippen LogP contribution in [0.25, 0.3) is 33.6 Å². The number of benzene rings is 2. The first-order valence-electron chi connectivity index (χ1n) is 26.2. The fourth-order valence-corrected chi connectivity index (χ4v) is 13.8. The van der Waals surface area contributed by atoms with Crippen molar-refractivity contribution < 1.29 is 38.1 Å². The van der Waals surface area contributed by atoms with E-state index in [9.17, 15) is 14.4 Å². The summed E-state index contributed by atoms with van der Waals surface area (Å²) >= 11 is 0. The Balaban J connectivity index is 0.820. The third-order valence-corrected chi connectivity index (χ3v) is 17.3. The maximum atomic E-state index is 15.0. The van der Waals surface area contributed by atoms with E-state index in [0.29, 0.717) is 12.8 Å². The molecule has 4 N–H and O–H groups in total. The molecule has 14 atom stereocenters. The number of hydrogen-bond acceptors (Lipinski definition) is 10. The maximum Gasteiger partial charge on any atom is 0.407 e. The summed E-state index contributed by atoms with van der Waals surface area (Å²) in [6.07, 6.45) is 13.2. The van der Waals surface area contributed by atoms with Crippen molar-refractivity contribution in [3.8, 4) is 33.6 Å². The third-order valence-electron chi connectivity index (χ3n) is 17.3. The molecule has 2 unspecified atom stereocenters. The standard InChI is InChI=1S/C55H72N8O8/c1-30-14-24-44(62(30)51(64)48(60-53(66)68-6)40-26-32(3)70-46-12-8-10-38(40)46)49-56-28-42(58-49)36-20-16-34(17-21-36)35-18-22-37(23-19-35)43-29-57-50(59-43)45-25-15-31(2)63(45)52(65)55(5,61-54(67)69-7)41-27-33(4)71-47-13-9-11-39(41)47/h16-23,28-33,38-41,44-48H,8-15,24-27H2,1-7H3,(H,56,58)(H,57,59)(H,60,66)(H,61,67)/t30-,31-,32+,33+,38-,39-,40?,41?,44-,45-,46-,47-,48-,55-/m0/s1. The SMILES string of the molecule is COC(=O)N[C@H](C(=O)N1[C@@H](C)CC[C@H]1c1ncc(-c2ccc(-c3ccc(-c4cnc([C@@H]5CC[C@H](C)N5C(=O)[C@@](C)(NC(=O)OC)C5C[C@@H](C)O[C@H]6CCC[C@@H]56)[nH]4)cc3)cc2)[nH]1)C1C[C@@H](C)O[C@H]2CCC[C@@H]12. The predicted octanol–water partition coefficient (Wildman–Crippen LogP) is 9.26. The van der Waals surface area contributed by atoms with Gasteiger partial charge in [0.1, 0.15) is 23.2 Å². The number of rotatable bonds is 11. The first kappa shape index (κ1) is 48.9. The molecule has 16 heteroatoms.